The lowest BCUT2D eigenvalue weighted by Gasteiger charge is -2.30. The van der Waals surface area contributed by atoms with Gasteiger partial charge in [0.1, 0.15) is 5.75 Å². The predicted molar refractivity (Wildman–Crippen MR) is 89.7 cm³/mol. The summed E-state index contributed by atoms with van der Waals surface area (Å²) in [7, 11) is 0. The fourth-order valence-electron chi connectivity index (χ4n) is 3.50. The lowest BCUT2D eigenvalue weighted by atomic mass is 10.1. The highest BCUT2D eigenvalue weighted by Crippen LogP contribution is 2.29. The lowest BCUT2D eigenvalue weighted by molar-refractivity contribution is -0.140. The van der Waals surface area contributed by atoms with Gasteiger partial charge < -0.3 is 15.0 Å². The molecule has 0 radical (unpaired) electrons. The number of carbonyl (C=O) groups excluding carboxylic acids is 1. The highest BCUT2D eigenvalue weighted by molar-refractivity contribution is 5.85. The zero-order valence-electron chi connectivity index (χ0n) is 13.2. The van der Waals surface area contributed by atoms with Gasteiger partial charge in [-0.1, -0.05) is 12.1 Å². The van der Waals surface area contributed by atoms with E-state index in [2.05, 4.69) is 10.2 Å². The molecule has 22 heavy (non-hydrogen) atoms. The molecule has 2 fully saturated rings. The van der Waals surface area contributed by atoms with E-state index in [1.54, 1.807) is 0 Å². The second-order valence-electron chi connectivity index (χ2n) is 6.20. The third-order valence-corrected chi connectivity index (χ3v) is 4.56. The van der Waals surface area contributed by atoms with Crippen LogP contribution >= 0.6 is 12.4 Å². The van der Waals surface area contributed by atoms with Gasteiger partial charge in [0.05, 0.1) is 0 Å². The van der Waals surface area contributed by atoms with E-state index < -0.39 is 6.10 Å². The van der Waals surface area contributed by atoms with Crippen LogP contribution < -0.4 is 10.1 Å². The van der Waals surface area contributed by atoms with E-state index in [1.165, 1.54) is 0 Å². The molecule has 2 bridgehead atoms. The molecule has 5 heteroatoms. The quantitative estimate of drug-likeness (QED) is 0.929. The SMILES string of the molecule is Cc1cccc(OC(C)C(=O)N2C3CCNCC2CC3)c1.Cl. The van der Waals surface area contributed by atoms with Gasteiger partial charge in [0.15, 0.2) is 6.10 Å². The first kappa shape index (κ1) is 17.1. The van der Waals surface area contributed by atoms with Crippen molar-refractivity contribution in [2.75, 3.05) is 13.1 Å². The number of halogens is 1. The summed E-state index contributed by atoms with van der Waals surface area (Å²) >= 11 is 0. The molecule has 3 unspecified atom stereocenters. The normalized spacial score (nSPS) is 25.1. The number of carbonyl (C=O) groups is 1. The smallest absolute Gasteiger partial charge is 0.263 e. The molecule has 2 saturated heterocycles. The lowest BCUT2D eigenvalue weighted by Crippen LogP contribution is -2.48. The minimum absolute atomic E-state index is 0. The van der Waals surface area contributed by atoms with E-state index in [9.17, 15) is 4.79 Å². The van der Waals surface area contributed by atoms with Gasteiger partial charge in [-0.2, -0.15) is 0 Å². The van der Waals surface area contributed by atoms with Crippen LogP contribution in [0.2, 0.25) is 0 Å². The Morgan fingerprint density at radius 1 is 1.32 bits per heavy atom. The van der Waals surface area contributed by atoms with Crippen LogP contribution in [0.4, 0.5) is 0 Å². The van der Waals surface area contributed by atoms with E-state index in [1.807, 2.05) is 38.1 Å². The number of hydrogen-bond donors (Lipinski definition) is 1. The van der Waals surface area contributed by atoms with Crippen molar-refractivity contribution in [1.82, 2.24) is 10.2 Å². The van der Waals surface area contributed by atoms with E-state index in [-0.39, 0.29) is 18.3 Å². The van der Waals surface area contributed by atoms with Crippen molar-refractivity contribution in [1.29, 1.82) is 0 Å². The van der Waals surface area contributed by atoms with Crippen LogP contribution in [0.15, 0.2) is 24.3 Å². The van der Waals surface area contributed by atoms with Crippen molar-refractivity contribution < 1.29 is 9.53 Å². The summed E-state index contributed by atoms with van der Waals surface area (Å²) < 4.78 is 5.86. The highest BCUT2D eigenvalue weighted by atomic mass is 35.5. The molecular formula is C17H25ClN2O2. The zero-order valence-corrected chi connectivity index (χ0v) is 14.1. The second-order valence-corrected chi connectivity index (χ2v) is 6.20. The zero-order chi connectivity index (χ0) is 14.8. The van der Waals surface area contributed by atoms with Gasteiger partial charge in [-0.15, -0.1) is 12.4 Å². The average Bonchev–Trinajstić information content (AvgIpc) is 2.71. The van der Waals surface area contributed by atoms with Gasteiger partial charge in [0, 0.05) is 18.6 Å². The van der Waals surface area contributed by atoms with Crippen LogP contribution in [-0.4, -0.2) is 42.1 Å². The number of fused-ring (bicyclic) bond motifs is 2. The Bertz CT molecular complexity index is 509. The molecule has 1 aromatic carbocycles. The van der Waals surface area contributed by atoms with Crippen LogP contribution in [0.3, 0.4) is 0 Å². The minimum Gasteiger partial charge on any atom is -0.481 e. The number of nitrogens with one attached hydrogen (secondary N) is 1. The molecule has 0 aliphatic carbocycles. The molecule has 1 amide bonds. The number of amides is 1. The molecule has 2 aliphatic rings. The molecule has 2 aliphatic heterocycles. The van der Waals surface area contributed by atoms with Crippen LogP contribution in [0.5, 0.6) is 5.75 Å². The van der Waals surface area contributed by atoms with Crippen LogP contribution in [0.1, 0.15) is 31.7 Å². The molecule has 2 heterocycles. The Morgan fingerprint density at radius 2 is 2.09 bits per heavy atom. The average molecular weight is 325 g/mol. The third kappa shape index (κ3) is 3.55. The first-order chi connectivity index (χ1) is 10.1. The summed E-state index contributed by atoms with van der Waals surface area (Å²) in [6, 6.07) is 8.61. The van der Waals surface area contributed by atoms with Gasteiger partial charge in [-0.3, -0.25) is 4.79 Å². The van der Waals surface area contributed by atoms with E-state index in [0.29, 0.717) is 12.1 Å². The Morgan fingerprint density at radius 3 is 2.86 bits per heavy atom. The topological polar surface area (TPSA) is 41.6 Å². The Balaban J connectivity index is 0.00000176. The number of hydrogen-bond acceptors (Lipinski definition) is 3. The second kappa shape index (κ2) is 7.34. The number of benzene rings is 1. The molecular weight excluding hydrogens is 300 g/mol. The number of aryl methyl sites for hydroxylation is 1. The summed E-state index contributed by atoms with van der Waals surface area (Å²) in [5, 5.41) is 3.42. The first-order valence-corrected chi connectivity index (χ1v) is 7.91. The molecule has 122 valence electrons. The van der Waals surface area contributed by atoms with Gasteiger partial charge in [-0.25, -0.2) is 0 Å². The van der Waals surface area contributed by atoms with Crippen LogP contribution in [0, 0.1) is 6.92 Å². The van der Waals surface area contributed by atoms with Crippen LogP contribution in [0.25, 0.3) is 0 Å². The fourth-order valence-corrected chi connectivity index (χ4v) is 3.50. The molecule has 1 N–H and O–H groups in total. The number of ether oxygens (including phenoxy) is 1. The first-order valence-electron chi connectivity index (χ1n) is 7.91. The standard InChI is InChI=1S/C17H24N2O2.ClH/c1-12-4-3-5-16(10-12)21-13(2)17(20)19-14-6-7-15(19)11-18-9-8-14;/h3-5,10,13-15,18H,6-9,11H2,1-2H3;1H. The Hall–Kier alpha value is -1.26. The van der Waals surface area contributed by atoms with Crippen molar-refractivity contribution in [3.8, 4) is 5.75 Å². The fraction of sp³-hybridized carbons (Fsp3) is 0.588. The Labute approximate surface area is 138 Å². The summed E-state index contributed by atoms with van der Waals surface area (Å²) in [5.41, 5.74) is 1.14. The molecule has 0 aromatic heterocycles. The van der Waals surface area contributed by atoms with Crippen molar-refractivity contribution in [2.24, 2.45) is 0 Å². The van der Waals surface area contributed by atoms with E-state index in [0.717, 1.165) is 43.7 Å². The van der Waals surface area contributed by atoms with Crippen molar-refractivity contribution in [3.05, 3.63) is 29.8 Å². The largest absolute Gasteiger partial charge is 0.481 e. The van der Waals surface area contributed by atoms with Crippen molar-refractivity contribution in [3.63, 3.8) is 0 Å². The Kier molecular flexibility index (Phi) is 5.70. The van der Waals surface area contributed by atoms with E-state index >= 15 is 0 Å². The summed E-state index contributed by atoms with van der Waals surface area (Å²) in [6.45, 7) is 5.82. The monoisotopic (exact) mass is 324 g/mol. The minimum atomic E-state index is -0.423. The number of rotatable bonds is 3. The third-order valence-electron chi connectivity index (χ3n) is 4.56. The van der Waals surface area contributed by atoms with Gasteiger partial charge in [0.25, 0.3) is 5.91 Å². The van der Waals surface area contributed by atoms with Crippen LogP contribution in [-0.2, 0) is 4.79 Å². The van der Waals surface area contributed by atoms with Crippen molar-refractivity contribution >= 4 is 18.3 Å². The molecule has 3 atom stereocenters. The molecule has 4 nitrogen and oxygen atoms in total. The maximum absolute atomic E-state index is 12.8. The van der Waals surface area contributed by atoms with E-state index in [4.69, 9.17) is 4.74 Å². The summed E-state index contributed by atoms with van der Waals surface area (Å²) in [4.78, 5) is 14.9. The molecule has 3 rings (SSSR count). The summed E-state index contributed by atoms with van der Waals surface area (Å²) in [5.74, 6) is 0.906. The maximum atomic E-state index is 12.8. The predicted octanol–water partition coefficient (Wildman–Crippen LogP) is 2.54. The van der Waals surface area contributed by atoms with Crippen molar-refractivity contribution in [2.45, 2.75) is 51.3 Å². The maximum Gasteiger partial charge on any atom is 0.263 e. The molecule has 0 spiro atoms. The van der Waals surface area contributed by atoms with Gasteiger partial charge in [-0.05, 0) is 57.4 Å². The highest BCUT2D eigenvalue weighted by Gasteiger charge is 2.40. The van der Waals surface area contributed by atoms with Gasteiger partial charge in [0.2, 0.25) is 0 Å². The van der Waals surface area contributed by atoms with Gasteiger partial charge >= 0.3 is 0 Å². The summed E-state index contributed by atoms with van der Waals surface area (Å²) in [6.07, 6.45) is 2.88. The number of nitrogens with zero attached hydrogens (tertiary/aromatic N) is 1. The molecule has 0 saturated carbocycles. The molecule has 1 aromatic rings.